The molecule has 4 nitrogen and oxygen atoms in total. The molecule has 1 aromatic heterocycles. The molecule has 1 atom stereocenters. The fraction of sp³-hybridized carbons (Fsp3) is 0.455. The predicted octanol–water partition coefficient (Wildman–Crippen LogP) is 2.07. The number of rotatable bonds is 4. The van der Waals surface area contributed by atoms with Gasteiger partial charge in [-0.15, -0.1) is 0 Å². The average Bonchev–Trinajstić information content (AvgIpc) is 2.18. The molecule has 5 heteroatoms. The van der Waals surface area contributed by atoms with Crippen molar-refractivity contribution in [2.75, 3.05) is 5.32 Å². The Kier molecular flexibility index (Phi) is 4.29. The third kappa shape index (κ3) is 3.20. The van der Waals surface area contributed by atoms with Crippen molar-refractivity contribution in [3.63, 3.8) is 0 Å². The van der Waals surface area contributed by atoms with E-state index in [1.807, 2.05) is 26.8 Å². The lowest BCUT2D eigenvalue weighted by atomic mass is 10.0. The van der Waals surface area contributed by atoms with Crippen molar-refractivity contribution in [3.8, 4) is 0 Å². The number of aryl methyl sites for hydroxylation is 1. The maximum atomic E-state index is 11.2. The number of pyridine rings is 1. The first-order valence-electron chi connectivity index (χ1n) is 5.09. The van der Waals surface area contributed by atoms with E-state index in [2.05, 4.69) is 26.2 Å². The molecule has 0 aliphatic carbocycles. The number of halogens is 1. The van der Waals surface area contributed by atoms with Gasteiger partial charge in [0.05, 0.1) is 0 Å². The normalized spacial score (nSPS) is 12.6. The first kappa shape index (κ1) is 13.0. The minimum Gasteiger partial charge on any atom is -0.368 e. The molecule has 0 bridgehead atoms. The van der Waals surface area contributed by atoms with Crippen LogP contribution < -0.4 is 11.1 Å². The van der Waals surface area contributed by atoms with Gasteiger partial charge in [0, 0.05) is 10.7 Å². The number of hydrogen-bond acceptors (Lipinski definition) is 3. The second-order valence-corrected chi connectivity index (χ2v) is 4.94. The van der Waals surface area contributed by atoms with E-state index in [1.165, 1.54) is 0 Å². The Morgan fingerprint density at radius 1 is 1.56 bits per heavy atom. The second kappa shape index (κ2) is 5.30. The Bertz CT molecular complexity index is 393. The summed E-state index contributed by atoms with van der Waals surface area (Å²) in [5.41, 5.74) is 6.37. The van der Waals surface area contributed by atoms with Gasteiger partial charge in [0.15, 0.2) is 0 Å². The van der Waals surface area contributed by atoms with Gasteiger partial charge in [-0.2, -0.15) is 0 Å². The lowest BCUT2D eigenvalue weighted by Crippen LogP contribution is -2.39. The first-order chi connectivity index (χ1) is 7.41. The van der Waals surface area contributed by atoms with Crippen LogP contribution in [0.5, 0.6) is 0 Å². The number of carbonyl (C=O) groups is 1. The molecule has 0 saturated carbocycles. The van der Waals surface area contributed by atoms with Gasteiger partial charge < -0.3 is 11.1 Å². The Labute approximate surface area is 104 Å². The van der Waals surface area contributed by atoms with Crippen molar-refractivity contribution >= 4 is 27.7 Å². The minimum absolute atomic E-state index is 0.128. The Morgan fingerprint density at radius 2 is 2.19 bits per heavy atom. The Hall–Kier alpha value is -1.10. The summed E-state index contributed by atoms with van der Waals surface area (Å²) in [5.74, 6) is 0.429. The molecule has 88 valence electrons. The summed E-state index contributed by atoms with van der Waals surface area (Å²) in [4.78, 5) is 15.4. The molecule has 0 radical (unpaired) electrons. The highest BCUT2D eigenvalue weighted by Crippen LogP contribution is 2.18. The van der Waals surface area contributed by atoms with Crippen LogP contribution in [0, 0.1) is 12.8 Å². The second-order valence-electron chi connectivity index (χ2n) is 4.09. The predicted molar refractivity (Wildman–Crippen MR) is 68.1 cm³/mol. The van der Waals surface area contributed by atoms with Crippen molar-refractivity contribution in [1.29, 1.82) is 0 Å². The lowest BCUT2D eigenvalue weighted by molar-refractivity contribution is -0.119. The van der Waals surface area contributed by atoms with Crippen LogP contribution in [-0.4, -0.2) is 16.9 Å². The summed E-state index contributed by atoms with van der Waals surface area (Å²) < 4.78 is 0.943. The van der Waals surface area contributed by atoms with E-state index in [0.29, 0.717) is 5.82 Å². The molecule has 1 amide bonds. The first-order valence-corrected chi connectivity index (χ1v) is 5.89. The fourth-order valence-corrected chi connectivity index (χ4v) is 1.56. The van der Waals surface area contributed by atoms with Crippen molar-refractivity contribution < 1.29 is 4.79 Å². The van der Waals surface area contributed by atoms with E-state index in [1.54, 1.807) is 6.20 Å². The van der Waals surface area contributed by atoms with Crippen molar-refractivity contribution in [2.24, 2.45) is 11.7 Å². The smallest absolute Gasteiger partial charge is 0.240 e. The van der Waals surface area contributed by atoms with Gasteiger partial charge in [0.1, 0.15) is 11.9 Å². The number of amides is 1. The standard InChI is InChI=1S/C11H16BrN3O/c1-6(2)10(11(13)16)15-9-4-7(3)8(12)5-14-9/h4-6,10H,1-3H3,(H2,13,16)(H,14,15). The van der Waals surface area contributed by atoms with Crippen molar-refractivity contribution in [3.05, 3.63) is 22.3 Å². The van der Waals surface area contributed by atoms with Gasteiger partial charge in [-0.05, 0) is 40.4 Å². The number of nitrogens with one attached hydrogen (secondary N) is 1. The van der Waals surface area contributed by atoms with Gasteiger partial charge in [0.25, 0.3) is 0 Å². The van der Waals surface area contributed by atoms with Crippen LogP contribution in [-0.2, 0) is 4.79 Å². The number of anilines is 1. The molecule has 1 aromatic rings. The van der Waals surface area contributed by atoms with Crippen LogP contribution in [0.3, 0.4) is 0 Å². The van der Waals surface area contributed by atoms with Crippen LogP contribution in [0.4, 0.5) is 5.82 Å². The molecule has 1 rings (SSSR count). The fourth-order valence-electron chi connectivity index (χ4n) is 1.34. The van der Waals surface area contributed by atoms with Crippen LogP contribution in [0.2, 0.25) is 0 Å². The summed E-state index contributed by atoms with van der Waals surface area (Å²) in [6, 6.07) is 1.48. The molecular weight excluding hydrogens is 270 g/mol. The highest BCUT2D eigenvalue weighted by molar-refractivity contribution is 9.10. The SMILES string of the molecule is Cc1cc(NC(C(N)=O)C(C)C)ncc1Br. The summed E-state index contributed by atoms with van der Waals surface area (Å²) in [6.07, 6.45) is 1.70. The van der Waals surface area contributed by atoms with Gasteiger partial charge in [-0.3, -0.25) is 4.79 Å². The van der Waals surface area contributed by atoms with E-state index in [0.717, 1.165) is 10.0 Å². The monoisotopic (exact) mass is 285 g/mol. The largest absolute Gasteiger partial charge is 0.368 e. The zero-order valence-electron chi connectivity index (χ0n) is 9.62. The van der Waals surface area contributed by atoms with E-state index >= 15 is 0 Å². The maximum Gasteiger partial charge on any atom is 0.240 e. The molecule has 0 aromatic carbocycles. The van der Waals surface area contributed by atoms with E-state index in [9.17, 15) is 4.79 Å². The van der Waals surface area contributed by atoms with Gasteiger partial charge in [-0.25, -0.2) is 4.98 Å². The summed E-state index contributed by atoms with van der Waals surface area (Å²) >= 11 is 3.37. The summed E-state index contributed by atoms with van der Waals surface area (Å²) in [7, 11) is 0. The third-order valence-electron chi connectivity index (χ3n) is 2.32. The van der Waals surface area contributed by atoms with Crippen LogP contribution in [0.1, 0.15) is 19.4 Å². The van der Waals surface area contributed by atoms with Crippen molar-refractivity contribution in [1.82, 2.24) is 4.98 Å². The molecule has 1 unspecified atom stereocenters. The molecule has 3 N–H and O–H groups in total. The topological polar surface area (TPSA) is 68.0 Å². The van der Waals surface area contributed by atoms with Crippen LogP contribution in [0.25, 0.3) is 0 Å². The van der Waals surface area contributed by atoms with E-state index < -0.39 is 6.04 Å². The molecule has 0 fully saturated rings. The van der Waals surface area contributed by atoms with E-state index in [4.69, 9.17) is 5.73 Å². The minimum atomic E-state index is -0.395. The maximum absolute atomic E-state index is 11.2. The molecule has 0 aliphatic rings. The number of carbonyl (C=O) groups excluding carboxylic acids is 1. The highest BCUT2D eigenvalue weighted by atomic mass is 79.9. The Morgan fingerprint density at radius 3 is 2.62 bits per heavy atom. The molecular formula is C11H16BrN3O. The summed E-state index contributed by atoms with van der Waals surface area (Å²) in [6.45, 7) is 5.84. The molecule has 16 heavy (non-hydrogen) atoms. The number of nitrogens with two attached hydrogens (primary N) is 1. The average molecular weight is 286 g/mol. The van der Waals surface area contributed by atoms with Crippen LogP contribution in [0.15, 0.2) is 16.7 Å². The number of aromatic nitrogens is 1. The third-order valence-corrected chi connectivity index (χ3v) is 3.15. The zero-order valence-corrected chi connectivity index (χ0v) is 11.2. The lowest BCUT2D eigenvalue weighted by Gasteiger charge is -2.19. The number of hydrogen-bond donors (Lipinski definition) is 2. The zero-order chi connectivity index (χ0) is 12.3. The molecule has 0 saturated heterocycles. The van der Waals surface area contributed by atoms with Gasteiger partial charge in [0.2, 0.25) is 5.91 Å². The Balaban J connectivity index is 2.86. The quantitative estimate of drug-likeness (QED) is 0.890. The van der Waals surface area contributed by atoms with Crippen molar-refractivity contribution in [2.45, 2.75) is 26.8 Å². The number of nitrogens with zero attached hydrogens (tertiary/aromatic N) is 1. The van der Waals surface area contributed by atoms with Crippen LogP contribution >= 0.6 is 15.9 Å². The van der Waals surface area contributed by atoms with E-state index in [-0.39, 0.29) is 11.8 Å². The van der Waals surface area contributed by atoms with Gasteiger partial charge >= 0.3 is 0 Å². The molecule has 0 aliphatic heterocycles. The van der Waals surface area contributed by atoms with Gasteiger partial charge in [-0.1, -0.05) is 13.8 Å². The number of primary amides is 1. The highest BCUT2D eigenvalue weighted by Gasteiger charge is 2.19. The molecule has 0 spiro atoms. The molecule has 1 heterocycles. The summed E-state index contributed by atoms with van der Waals surface area (Å²) in [5, 5.41) is 3.04.